The minimum absolute atomic E-state index is 0.103. The molecule has 0 aliphatic carbocycles. The van der Waals surface area contributed by atoms with Crippen LogP contribution in [0, 0.1) is 0 Å². The van der Waals surface area contributed by atoms with Crippen molar-refractivity contribution in [1.29, 1.82) is 0 Å². The van der Waals surface area contributed by atoms with E-state index in [9.17, 15) is 4.79 Å². The number of nitrogens with zero attached hydrogens (tertiary/aromatic N) is 1. The summed E-state index contributed by atoms with van der Waals surface area (Å²) in [4.78, 5) is 13.6. The molecular weight excluding hydrogens is 313 g/mol. The van der Waals surface area contributed by atoms with Gasteiger partial charge in [-0.05, 0) is 18.6 Å². The summed E-state index contributed by atoms with van der Waals surface area (Å²) < 4.78 is 0. The number of alkyl halides is 1. The van der Waals surface area contributed by atoms with E-state index in [1.807, 2.05) is 0 Å². The molecule has 0 spiro atoms. The number of carbonyl (C=O) groups is 1. The second-order valence-corrected chi connectivity index (χ2v) is 4.95. The highest BCUT2D eigenvalue weighted by Crippen LogP contribution is 2.26. The Morgan fingerprint density at radius 1 is 1.44 bits per heavy atom. The van der Waals surface area contributed by atoms with Crippen molar-refractivity contribution in [2.24, 2.45) is 0 Å². The van der Waals surface area contributed by atoms with Gasteiger partial charge in [0.2, 0.25) is 0 Å². The van der Waals surface area contributed by atoms with Gasteiger partial charge in [0.05, 0.1) is 15.6 Å². The van der Waals surface area contributed by atoms with Crippen LogP contribution in [-0.2, 0) is 0 Å². The van der Waals surface area contributed by atoms with E-state index >= 15 is 0 Å². The van der Waals surface area contributed by atoms with Gasteiger partial charge in [-0.15, -0.1) is 0 Å². The van der Waals surface area contributed by atoms with Gasteiger partial charge in [-0.3, -0.25) is 4.79 Å². The molecule has 0 saturated heterocycles. The van der Waals surface area contributed by atoms with E-state index in [1.165, 1.54) is 0 Å². The van der Waals surface area contributed by atoms with E-state index in [2.05, 4.69) is 15.9 Å². The lowest BCUT2D eigenvalue weighted by Crippen LogP contribution is -2.28. The summed E-state index contributed by atoms with van der Waals surface area (Å²) in [5.74, 6) is -0.103. The number of hydrogen-bond acceptors (Lipinski definition) is 1. The first-order valence-corrected chi connectivity index (χ1v) is 6.71. The van der Waals surface area contributed by atoms with E-state index in [0.29, 0.717) is 22.2 Å². The first-order chi connectivity index (χ1) is 7.57. The Bertz CT molecular complexity index is 384. The number of benzene rings is 1. The second kappa shape index (κ2) is 6.48. The molecule has 2 nitrogen and oxygen atoms in total. The summed E-state index contributed by atoms with van der Waals surface area (Å²) in [5.41, 5.74) is 0.450. The monoisotopic (exact) mass is 323 g/mol. The molecule has 0 aliphatic heterocycles. The molecule has 0 fully saturated rings. The van der Waals surface area contributed by atoms with Gasteiger partial charge in [0, 0.05) is 18.9 Å². The van der Waals surface area contributed by atoms with Crippen molar-refractivity contribution in [2.75, 3.05) is 18.9 Å². The molecule has 1 aromatic carbocycles. The van der Waals surface area contributed by atoms with Crippen molar-refractivity contribution in [1.82, 2.24) is 4.90 Å². The zero-order valence-electron chi connectivity index (χ0n) is 8.84. The molecule has 0 bridgehead atoms. The van der Waals surface area contributed by atoms with Gasteiger partial charge >= 0.3 is 0 Å². The van der Waals surface area contributed by atoms with Gasteiger partial charge < -0.3 is 4.90 Å². The van der Waals surface area contributed by atoms with Crippen LogP contribution in [0.1, 0.15) is 16.8 Å². The highest BCUT2D eigenvalue weighted by Gasteiger charge is 2.15. The average Bonchev–Trinajstić information content (AvgIpc) is 2.28. The van der Waals surface area contributed by atoms with Gasteiger partial charge in [0.1, 0.15) is 0 Å². The minimum atomic E-state index is -0.103. The number of halogens is 3. The van der Waals surface area contributed by atoms with E-state index in [-0.39, 0.29) is 5.91 Å². The van der Waals surface area contributed by atoms with Gasteiger partial charge in [0.15, 0.2) is 0 Å². The molecule has 1 amide bonds. The smallest absolute Gasteiger partial charge is 0.255 e. The van der Waals surface area contributed by atoms with Crippen LogP contribution in [0.2, 0.25) is 10.0 Å². The summed E-state index contributed by atoms with van der Waals surface area (Å²) in [6.07, 6.45) is 0.903. The predicted molar refractivity (Wildman–Crippen MR) is 71.8 cm³/mol. The first kappa shape index (κ1) is 13.8. The highest BCUT2D eigenvalue weighted by molar-refractivity contribution is 9.09. The van der Waals surface area contributed by atoms with Crippen LogP contribution in [0.15, 0.2) is 18.2 Å². The lowest BCUT2D eigenvalue weighted by molar-refractivity contribution is 0.0796. The molecule has 0 aromatic heterocycles. The number of rotatable bonds is 4. The molecule has 5 heteroatoms. The summed E-state index contributed by atoms with van der Waals surface area (Å²) in [6, 6.07) is 5.07. The van der Waals surface area contributed by atoms with Crippen molar-refractivity contribution in [3.05, 3.63) is 33.8 Å². The predicted octanol–water partition coefficient (Wildman–Crippen LogP) is 3.85. The quantitative estimate of drug-likeness (QED) is 0.770. The van der Waals surface area contributed by atoms with Crippen LogP contribution >= 0.6 is 39.1 Å². The molecular formula is C11H12BrCl2NO. The number of amides is 1. The van der Waals surface area contributed by atoms with Crippen LogP contribution in [-0.4, -0.2) is 29.7 Å². The van der Waals surface area contributed by atoms with Crippen molar-refractivity contribution in [2.45, 2.75) is 6.42 Å². The topological polar surface area (TPSA) is 20.3 Å². The maximum atomic E-state index is 12.0. The fourth-order valence-corrected chi connectivity index (χ4v) is 1.91. The zero-order valence-corrected chi connectivity index (χ0v) is 11.9. The third-order valence-corrected chi connectivity index (χ3v) is 3.54. The summed E-state index contributed by atoms with van der Waals surface area (Å²) >= 11 is 15.2. The Morgan fingerprint density at radius 3 is 2.75 bits per heavy atom. The van der Waals surface area contributed by atoms with Crippen LogP contribution in [0.4, 0.5) is 0 Å². The zero-order chi connectivity index (χ0) is 12.1. The third-order valence-electron chi connectivity index (χ3n) is 2.16. The molecule has 16 heavy (non-hydrogen) atoms. The van der Waals surface area contributed by atoms with Gasteiger partial charge in [-0.25, -0.2) is 0 Å². The van der Waals surface area contributed by atoms with Crippen molar-refractivity contribution < 1.29 is 4.79 Å². The Hall–Kier alpha value is -0.250. The Morgan fingerprint density at radius 2 is 2.12 bits per heavy atom. The largest absolute Gasteiger partial charge is 0.342 e. The van der Waals surface area contributed by atoms with E-state index < -0.39 is 0 Å². The number of hydrogen-bond donors (Lipinski definition) is 0. The maximum Gasteiger partial charge on any atom is 0.255 e. The summed E-state index contributed by atoms with van der Waals surface area (Å²) in [6.45, 7) is 0.687. The lowest BCUT2D eigenvalue weighted by atomic mass is 10.2. The normalized spacial score (nSPS) is 10.2. The van der Waals surface area contributed by atoms with E-state index in [4.69, 9.17) is 23.2 Å². The first-order valence-electron chi connectivity index (χ1n) is 4.83. The van der Waals surface area contributed by atoms with Gasteiger partial charge in [-0.2, -0.15) is 0 Å². The molecule has 0 heterocycles. The van der Waals surface area contributed by atoms with Gasteiger partial charge in [0.25, 0.3) is 5.91 Å². The summed E-state index contributed by atoms with van der Waals surface area (Å²) in [7, 11) is 1.75. The molecule has 0 radical (unpaired) electrons. The fourth-order valence-electron chi connectivity index (χ4n) is 1.27. The Balaban J connectivity index is 2.84. The lowest BCUT2D eigenvalue weighted by Gasteiger charge is -2.17. The van der Waals surface area contributed by atoms with Crippen molar-refractivity contribution in [3.8, 4) is 0 Å². The van der Waals surface area contributed by atoms with E-state index in [0.717, 1.165) is 11.8 Å². The molecule has 0 unspecified atom stereocenters. The highest BCUT2D eigenvalue weighted by atomic mass is 79.9. The molecule has 0 N–H and O–H groups in total. The molecule has 88 valence electrons. The second-order valence-electron chi connectivity index (χ2n) is 3.37. The van der Waals surface area contributed by atoms with Crippen molar-refractivity contribution in [3.63, 3.8) is 0 Å². The van der Waals surface area contributed by atoms with Crippen molar-refractivity contribution >= 4 is 45.0 Å². The molecule has 0 aliphatic rings. The van der Waals surface area contributed by atoms with Crippen LogP contribution in [0.5, 0.6) is 0 Å². The maximum absolute atomic E-state index is 12.0. The summed E-state index contributed by atoms with van der Waals surface area (Å²) in [5, 5.41) is 1.59. The third kappa shape index (κ3) is 3.37. The SMILES string of the molecule is CN(CCCBr)C(=O)c1cccc(Cl)c1Cl. The van der Waals surface area contributed by atoms with Crippen LogP contribution in [0.25, 0.3) is 0 Å². The van der Waals surface area contributed by atoms with Gasteiger partial charge in [-0.1, -0.05) is 45.2 Å². The Kier molecular flexibility index (Phi) is 5.59. The standard InChI is InChI=1S/C11H12BrCl2NO/c1-15(7-3-6-12)11(16)8-4-2-5-9(13)10(8)14/h2,4-5H,3,6-7H2,1H3. The molecule has 0 saturated carbocycles. The molecule has 1 rings (SSSR count). The number of carbonyl (C=O) groups excluding carboxylic acids is 1. The minimum Gasteiger partial charge on any atom is -0.342 e. The fraction of sp³-hybridized carbons (Fsp3) is 0.364. The van der Waals surface area contributed by atoms with E-state index in [1.54, 1.807) is 30.1 Å². The van der Waals surface area contributed by atoms with Crippen LogP contribution < -0.4 is 0 Å². The molecule has 0 atom stereocenters. The molecule has 1 aromatic rings. The van der Waals surface area contributed by atoms with Crippen LogP contribution in [0.3, 0.4) is 0 Å². The average molecular weight is 325 g/mol. The Labute approximate surface area is 114 Å².